The minimum absolute atomic E-state index is 0.0875. The summed E-state index contributed by atoms with van der Waals surface area (Å²) in [6.07, 6.45) is 4.33. The number of carbonyl (C=O) groups excluding carboxylic acids is 2. The number of rotatable bonds is 8. The molecule has 2 aromatic rings. The highest BCUT2D eigenvalue weighted by Gasteiger charge is 2.18. The van der Waals surface area contributed by atoms with E-state index in [0.29, 0.717) is 35.7 Å². The van der Waals surface area contributed by atoms with E-state index in [9.17, 15) is 9.59 Å². The number of carbonyl (C=O) groups is 2. The van der Waals surface area contributed by atoms with Crippen molar-refractivity contribution in [3.05, 3.63) is 59.7 Å². The molecule has 2 heterocycles. The Balaban J connectivity index is 1.29. The van der Waals surface area contributed by atoms with Gasteiger partial charge in [-0.05, 0) is 68.1 Å². The highest BCUT2D eigenvalue weighted by atomic mass is 16.5. The number of anilines is 1. The lowest BCUT2D eigenvalue weighted by Crippen LogP contribution is -2.31. The number of ether oxygens (including phenoxy) is 3. The summed E-state index contributed by atoms with van der Waals surface area (Å²) in [5.74, 6) is 0.277. The quantitative estimate of drug-likeness (QED) is 0.678. The van der Waals surface area contributed by atoms with Crippen LogP contribution < -0.4 is 15.4 Å². The van der Waals surface area contributed by atoms with E-state index in [0.717, 1.165) is 38.9 Å². The second-order valence-corrected chi connectivity index (χ2v) is 7.85. The van der Waals surface area contributed by atoms with E-state index >= 15 is 0 Å². The Bertz CT molecular complexity index is 887. The number of amides is 2. The fourth-order valence-corrected chi connectivity index (χ4v) is 3.72. The van der Waals surface area contributed by atoms with Crippen LogP contribution in [0.4, 0.5) is 5.69 Å². The van der Waals surface area contributed by atoms with E-state index in [1.165, 1.54) is 0 Å². The molecule has 0 spiro atoms. The van der Waals surface area contributed by atoms with Crippen LogP contribution in [0.25, 0.3) is 0 Å². The first-order valence-electron chi connectivity index (χ1n) is 10.8. The van der Waals surface area contributed by atoms with Gasteiger partial charge in [-0.2, -0.15) is 0 Å². The largest absolute Gasteiger partial charge is 0.491 e. The zero-order valence-corrected chi connectivity index (χ0v) is 17.5. The highest BCUT2D eigenvalue weighted by Crippen LogP contribution is 2.18. The summed E-state index contributed by atoms with van der Waals surface area (Å²) in [5, 5.41) is 5.73. The summed E-state index contributed by atoms with van der Waals surface area (Å²) in [6.45, 7) is 2.57. The molecule has 2 unspecified atom stereocenters. The summed E-state index contributed by atoms with van der Waals surface area (Å²) in [5.41, 5.74) is 1.57. The van der Waals surface area contributed by atoms with Crippen molar-refractivity contribution < 1.29 is 23.8 Å². The van der Waals surface area contributed by atoms with Gasteiger partial charge in [-0.3, -0.25) is 9.59 Å². The van der Waals surface area contributed by atoms with Crippen LogP contribution in [-0.4, -0.2) is 50.4 Å². The second kappa shape index (κ2) is 10.4. The van der Waals surface area contributed by atoms with E-state index in [1.54, 1.807) is 48.5 Å². The lowest BCUT2D eigenvalue weighted by molar-refractivity contribution is 0.0679. The lowest BCUT2D eigenvalue weighted by atomic mass is 10.1. The van der Waals surface area contributed by atoms with Crippen LogP contribution in [0, 0.1) is 0 Å². The molecule has 164 valence electrons. The standard InChI is InChI=1S/C24H28N2O5/c27-23(25-15-21-6-2-12-29-21)18-4-1-5-19(14-18)26-24(28)17-8-10-20(11-9-17)31-16-22-7-3-13-30-22/h1,4-5,8-11,14,21-22H,2-3,6-7,12-13,15-16H2,(H,25,27)(H,26,28). The van der Waals surface area contributed by atoms with Crippen LogP contribution in [-0.2, 0) is 9.47 Å². The molecule has 0 aromatic heterocycles. The Morgan fingerprint density at radius 1 is 0.903 bits per heavy atom. The van der Waals surface area contributed by atoms with Crippen LogP contribution in [0.5, 0.6) is 5.75 Å². The predicted molar refractivity (Wildman–Crippen MR) is 117 cm³/mol. The highest BCUT2D eigenvalue weighted by molar-refractivity contribution is 6.05. The van der Waals surface area contributed by atoms with Crippen molar-refractivity contribution in [1.29, 1.82) is 0 Å². The lowest BCUT2D eigenvalue weighted by Gasteiger charge is -2.12. The van der Waals surface area contributed by atoms with Gasteiger partial charge in [0.1, 0.15) is 12.4 Å². The average Bonchev–Trinajstić information content (AvgIpc) is 3.51. The molecular formula is C24H28N2O5. The molecule has 7 nitrogen and oxygen atoms in total. The summed E-state index contributed by atoms with van der Waals surface area (Å²) in [7, 11) is 0. The fourth-order valence-electron chi connectivity index (χ4n) is 3.72. The molecule has 7 heteroatoms. The topological polar surface area (TPSA) is 85.9 Å². The minimum atomic E-state index is -0.248. The van der Waals surface area contributed by atoms with E-state index in [2.05, 4.69) is 10.6 Å². The summed E-state index contributed by atoms with van der Waals surface area (Å²) in [6, 6.07) is 13.9. The van der Waals surface area contributed by atoms with E-state index in [1.807, 2.05) is 0 Å². The maximum Gasteiger partial charge on any atom is 0.255 e. The molecule has 2 saturated heterocycles. The molecular weight excluding hydrogens is 396 g/mol. The number of nitrogens with one attached hydrogen (secondary N) is 2. The van der Waals surface area contributed by atoms with E-state index < -0.39 is 0 Å². The molecule has 0 radical (unpaired) electrons. The normalized spacial score (nSPS) is 20.4. The zero-order chi connectivity index (χ0) is 21.5. The van der Waals surface area contributed by atoms with Crippen LogP contribution in [0.15, 0.2) is 48.5 Å². The summed E-state index contributed by atoms with van der Waals surface area (Å²) >= 11 is 0. The molecule has 2 amide bonds. The molecule has 2 aliphatic heterocycles. The van der Waals surface area contributed by atoms with E-state index in [-0.39, 0.29) is 24.0 Å². The third-order valence-electron chi connectivity index (χ3n) is 5.47. The van der Waals surface area contributed by atoms with Crippen molar-refractivity contribution in [3.63, 3.8) is 0 Å². The predicted octanol–water partition coefficient (Wildman–Crippen LogP) is 3.41. The first-order chi connectivity index (χ1) is 15.2. The van der Waals surface area contributed by atoms with Gasteiger partial charge in [0, 0.05) is 36.6 Å². The number of hydrogen-bond acceptors (Lipinski definition) is 5. The van der Waals surface area contributed by atoms with Crippen molar-refractivity contribution >= 4 is 17.5 Å². The van der Waals surface area contributed by atoms with Crippen LogP contribution in [0.3, 0.4) is 0 Å². The van der Waals surface area contributed by atoms with Crippen molar-refractivity contribution in [2.45, 2.75) is 37.9 Å². The molecule has 2 N–H and O–H groups in total. The third kappa shape index (κ3) is 6.06. The van der Waals surface area contributed by atoms with Gasteiger partial charge in [0.15, 0.2) is 0 Å². The van der Waals surface area contributed by atoms with Gasteiger partial charge in [0.05, 0.1) is 12.2 Å². The molecule has 2 atom stereocenters. The Morgan fingerprint density at radius 3 is 2.35 bits per heavy atom. The van der Waals surface area contributed by atoms with Gasteiger partial charge < -0.3 is 24.8 Å². The molecule has 2 aliphatic rings. The third-order valence-corrected chi connectivity index (χ3v) is 5.47. The maximum atomic E-state index is 12.6. The smallest absolute Gasteiger partial charge is 0.255 e. The molecule has 4 rings (SSSR count). The molecule has 0 bridgehead atoms. The molecule has 31 heavy (non-hydrogen) atoms. The van der Waals surface area contributed by atoms with Crippen LogP contribution in [0.1, 0.15) is 46.4 Å². The Morgan fingerprint density at radius 2 is 1.65 bits per heavy atom. The average molecular weight is 424 g/mol. The van der Waals surface area contributed by atoms with Crippen LogP contribution in [0.2, 0.25) is 0 Å². The first kappa shape index (κ1) is 21.3. The molecule has 0 aliphatic carbocycles. The van der Waals surface area contributed by atoms with Gasteiger partial charge in [0.2, 0.25) is 0 Å². The maximum absolute atomic E-state index is 12.6. The number of benzene rings is 2. The summed E-state index contributed by atoms with van der Waals surface area (Å²) < 4.78 is 16.8. The van der Waals surface area contributed by atoms with Gasteiger partial charge >= 0.3 is 0 Å². The van der Waals surface area contributed by atoms with Gasteiger partial charge in [0.25, 0.3) is 11.8 Å². The van der Waals surface area contributed by atoms with Crippen molar-refractivity contribution in [3.8, 4) is 5.75 Å². The SMILES string of the molecule is O=C(NCC1CCCO1)c1cccc(NC(=O)c2ccc(OCC3CCCO3)cc2)c1. The molecule has 0 saturated carbocycles. The second-order valence-electron chi connectivity index (χ2n) is 7.85. The van der Waals surface area contributed by atoms with Gasteiger partial charge in [-0.25, -0.2) is 0 Å². The molecule has 2 aromatic carbocycles. The summed E-state index contributed by atoms with van der Waals surface area (Å²) in [4.78, 5) is 25.0. The van der Waals surface area contributed by atoms with E-state index in [4.69, 9.17) is 14.2 Å². The first-order valence-corrected chi connectivity index (χ1v) is 10.8. The Hall–Kier alpha value is -2.90. The zero-order valence-electron chi connectivity index (χ0n) is 17.5. The van der Waals surface area contributed by atoms with Gasteiger partial charge in [-0.1, -0.05) is 6.07 Å². The monoisotopic (exact) mass is 424 g/mol. The van der Waals surface area contributed by atoms with Crippen LogP contribution >= 0.6 is 0 Å². The van der Waals surface area contributed by atoms with Gasteiger partial charge in [-0.15, -0.1) is 0 Å². The minimum Gasteiger partial charge on any atom is -0.491 e. The van der Waals surface area contributed by atoms with Crippen molar-refractivity contribution in [1.82, 2.24) is 5.32 Å². The fraction of sp³-hybridized carbons (Fsp3) is 0.417. The van der Waals surface area contributed by atoms with Crippen molar-refractivity contribution in [2.75, 3.05) is 31.7 Å². The Kier molecular flexibility index (Phi) is 7.17. The molecule has 2 fully saturated rings. The Labute approximate surface area is 182 Å². The van der Waals surface area contributed by atoms with Crippen molar-refractivity contribution in [2.24, 2.45) is 0 Å². The number of hydrogen-bond donors (Lipinski definition) is 2.